The molecule has 0 aliphatic carbocycles. The maximum Gasteiger partial charge on any atom is 0.502 e. The minimum Gasteiger partial charge on any atom is -0.374 e. The Bertz CT molecular complexity index is 425. The van der Waals surface area contributed by atoms with Crippen molar-refractivity contribution in [1.82, 2.24) is 4.90 Å². The van der Waals surface area contributed by atoms with Gasteiger partial charge in [-0.15, -0.1) is 0 Å². The van der Waals surface area contributed by atoms with Gasteiger partial charge in [0.25, 0.3) is 5.12 Å². The summed E-state index contributed by atoms with van der Waals surface area (Å²) in [4.78, 5) is 25.0. The zero-order valence-corrected chi connectivity index (χ0v) is 20.6. The van der Waals surface area contributed by atoms with Crippen molar-refractivity contribution in [3.63, 3.8) is 0 Å². The van der Waals surface area contributed by atoms with Crippen molar-refractivity contribution in [3.05, 3.63) is 0 Å². The Balaban J connectivity index is 5.01. The third-order valence-corrected chi connectivity index (χ3v) is 8.50. The molecular weight excluding hydrogens is 394 g/mol. The van der Waals surface area contributed by atoms with Gasteiger partial charge < -0.3 is 13.3 Å². The Morgan fingerprint density at radius 3 is 1.93 bits per heavy atom. The average molecular weight is 436 g/mol. The number of Topliss-reactive ketones (excluding diaryl/α,β-unsaturated/α-hetero) is 1. The summed E-state index contributed by atoms with van der Waals surface area (Å²) >= 11 is 1.07. The Morgan fingerprint density at radius 1 is 0.964 bits per heavy atom. The van der Waals surface area contributed by atoms with E-state index in [1.807, 2.05) is 13.8 Å². The second-order valence-corrected chi connectivity index (χ2v) is 10.6. The van der Waals surface area contributed by atoms with Crippen molar-refractivity contribution in [2.75, 3.05) is 32.1 Å². The monoisotopic (exact) mass is 435 g/mol. The lowest BCUT2D eigenvalue weighted by molar-refractivity contribution is -0.130. The van der Waals surface area contributed by atoms with E-state index in [1.165, 1.54) is 6.92 Å². The van der Waals surface area contributed by atoms with Gasteiger partial charge in [0.1, 0.15) is 6.23 Å². The number of rotatable bonds is 18. The first-order valence-corrected chi connectivity index (χ1v) is 13.6. The molecule has 8 heteroatoms. The average Bonchev–Trinajstić information content (AvgIpc) is 2.65. The van der Waals surface area contributed by atoms with Gasteiger partial charge in [0, 0.05) is 45.0 Å². The lowest BCUT2D eigenvalue weighted by atomic mass is 10.2. The van der Waals surface area contributed by atoms with Crippen LogP contribution in [0.15, 0.2) is 0 Å². The lowest BCUT2D eigenvalue weighted by Gasteiger charge is -2.36. The molecule has 0 fully saturated rings. The molecule has 166 valence electrons. The highest BCUT2D eigenvalue weighted by atomic mass is 32.2. The second-order valence-electron chi connectivity index (χ2n) is 6.80. The topological polar surface area (TPSA) is 65.1 Å². The normalized spacial score (nSPS) is 13.1. The largest absolute Gasteiger partial charge is 0.502 e. The van der Waals surface area contributed by atoms with Crippen molar-refractivity contribution in [1.29, 1.82) is 0 Å². The summed E-state index contributed by atoms with van der Waals surface area (Å²) in [6.45, 7) is 14.8. The molecule has 1 unspecified atom stereocenters. The number of hydrogen-bond donors (Lipinski definition) is 0. The Kier molecular flexibility index (Phi) is 16.4. The van der Waals surface area contributed by atoms with E-state index in [0.717, 1.165) is 50.5 Å². The predicted octanol–water partition coefficient (Wildman–Crippen LogP) is 4.50. The van der Waals surface area contributed by atoms with Gasteiger partial charge in [-0.2, -0.15) is 0 Å². The molecular formula is C20H41NO5SSi. The predicted molar refractivity (Wildman–Crippen MR) is 119 cm³/mol. The fourth-order valence-corrected chi connectivity index (χ4v) is 6.56. The Hall–Kier alpha value is -0.253. The molecule has 0 aromatic carbocycles. The van der Waals surface area contributed by atoms with Crippen molar-refractivity contribution in [3.8, 4) is 0 Å². The van der Waals surface area contributed by atoms with Gasteiger partial charge in [0.05, 0.1) is 0 Å². The molecule has 0 aliphatic rings. The first-order valence-electron chi connectivity index (χ1n) is 10.7. The van der Waals surface area contributed by atoms with E-state index in [1.54, 1.807) is 0 Å². The molecule has 0 saturated carbocycles. The number of unbranched alkanes of at least 4 members (excludes halogenated alkanes) is 2. The van der Waals surface area contributed by atoms with Crippen molar-refractivity contribution in [2.45, 2.75) is 85.9 Å². The van der Waals surface area contributed by atoms with Crippen molar-refractivity contribution >= 4 is 31.5 Å². The number of carbonyl (C=O) groups excluding carboxylic acids is 2. The molecule has 0 rings (SSSR count). The first-order chi connectivity index (χ1) is 13.4. The summed E-state index contributed by atoms with van der Waals surface area (Å²) in [7, 11) is -2.85. The molecule has 0 aromatic heterocycles. The van der Waals surface area contributed by atoms with E-state index >= 15 is 0 Å². The van der Waals surface area contributed by atoms with Crippen LogP contribution in [0.2, 0.25) is 6.04 Å². The van der Waals surface area contributed by atoms with Crippen LogP contribution in [0, 0.1) is 0 Å². The van der Waals surface area contributed by atoms with Crippen LogP contribution < -0.4 is 0 Å². The van der Waals surface area contributed by atoms with Gasteiger partial charge >= 0.3 is 8.80 Å². The number of ketones is 1. The van der Waals surface area contributed by atoms with E-state index in [9.17, 15) is 9.59 Å². The molecule has 28 heavy (non-hydrogen) atoms. The van der Waals surface area contributed by atoms with Gasteiger partial charge in [-0.1, -0.05) is 38.5 Å². The lowest BCUT2D eigenvalue weighted by Crippen LogP contribution is -2.52. The van der Waals surface area contributed by atoms with Crippen LogP contribution in [0.1, 0.15) is 73.6 Å². The van der Waals surface area contributed by atoms with E-state index in [-0.39, 0.29) is 11.3 Å². The summed E-state index contributed by atoms with van der Waals surface area (Å²) in [5.74, 6) is 0.163. The summed E-state index contributed by atoms with van der Waals surface area (Å²) in [6.07, 6.45) is 5.21. The van der Waals surface area contributed by atoms with Gasteiger partial charge in [-0.3, -0.25) is 14.5 Å². The maximum atomic E-state index is 11.5. The van der Waals surface area contributed by atoms with Crippen molar-refractivity contribution in [2.24, 2.45) is 0 Å². The standard InChI is InChI=1S/C20H41NO5SSi/c1-7-11-14-21(15-12-8-2)19(6)26-28(24-9-3,25-10-4)17-13-16-27-20(23)18(5)22/h19H,7-17H2,1-6H3. The Labute approximate surface area is 177 Å². The smallest absolute Gasteiger partial charge is 0.374 e. The molecule has 1 atom stereocenters. The number of thioether (sulfide) groups is 1. The zero-order chi connectivity index (χ0) is 21.4. The van der Waals surface area contributed by atoms with Crippen LogP contribution in [-0.4, -0.2) is 62.9 Å². The van der Waals surface area contributed by atoms with Crippen LogP contribution in [-0.2, 0) is 22.9 Å². The third kappa shape index (κ3) is 11.7. The maximum absolute atomic E-state index is 11.5. The first kappa shape index (κ1) is 27.7. The van der Waals surface area contributed by atoms with E-state index in [2.05, 4.69) is 25.7 Å². The molecule has 0 N–H and O–H groups in total. The molecule has 0 aliphatic heterocycles. The van der Waals surface area contributed by atoms with Crippen LogP contribution in [0.4, 0.5) is 0 Å². The fraction of sp³-hybridized carbons (Fsp3) is 0.900. The summed E-state index contributed by atoms with van der Waals surface area (Å²) in [6, 6.07) is 0.645. The molecule has 0 spiro atoms. The molecule has 0 bridgehead atoms. The van der Waals surface area contributed by atoms with Gasteiger partial charge in [0.2, 0.25) is 5.78 Å². The SMILES string of the molecule is CCCCN(CCCC)C(C)O[Si](CCCSC(=O)C(C)=O)(OCC)OCC. The fourth-order valence-electron chi connectivity index (χ4n) is 2.84. The van der Waals surface area contributed by atoms with E-state index < -0.39 is 14.6 Å². The van der Waals surface area contributed by atoms with Crippen LogP contribution in [0.3, 0.4) is 0 Å². The van der Waals surface area contributed by atoms with Crippen molar-refractivity contribution < 1.29 is 22.9 Å². The quantitative estimate of drug-likeness (QED) is 0.136. The molecule has 0 heterocycles. The third-order valence-electron chi connectivity index (χ3n) is 4.34. The molecule has 0 aromatic rings. The van der Waals surface area contributed by atoms with E-state index in [0.29, 0.717) is 31.4 Å². The minimum absolute atomic E-state index is 0.0747. The highest BCUT2D eigenvalue weighted by Gasteiger charge is 2.42. The van der Waals surface area contributed by atoms with Gasteiger partial charge in [-0.05, 0) is 40.0 Å². The highest BCUT2D eigenvalue weighted by molar-refractivity contribution is 8.15. The molecule has 0 amide bonds. The summed E-state index contributed by atoms with van der Waals surface area (Å²) < 4.78 is 18.6. The van der Waals surface area contributed by atoms with Crippen LogP contribution in [0.5, 0.6) is 0 Å². The second kappa shape index (κ2) is 16.5. The minimum atomic E-state index is -2.85. The zero-order valence-electron chi connectivity index (χ0n) is 18.8. The molecule has 0 saturated heterocycles. The summed E-state index contributed by atoms with van der Waals surface area (Å²) in [5.41, 5.74) is 0. The number of nitrogens with zero attached hydrogens (tertiary/aromatic N) is 1. The van der Waals surface area contributed by atoms with Gasteiger partial charge in [0.15, 0.2) is 0 Å². The van der Waals surface area contributed by atoms with Gasteiger partial charge in [-0.25, -0.2) is 0 Å². The molecule has 0 radical (unpaired) electrons. The highest BCUT2D eigenvalue weighted by Crippen LogP contribution is 2.23. The number of hydrogen-bond acceptors (Lipinski definition) is 7. The Morgan fingerprint density at radius 2 is 1.50 bits per heavy atom. The number of carbonyl (C=O) groups is 2. The van der Waals surface area contributed by atoms with E-state index in [4.69, 9.17) is 13.3 Å². The van der Waals surface area contributed by atoms with Crippen LogP contribution >= 0.6 is 11.8 Å². The van der Waals surface area contributed by atoms with Crippen LogP contribution in [0.25, 0.3) is 0 Å². The summed E-state index contributed by atoms with van der Waals surface area (Å²) in [5, 5.41) is -0.389. The molecule has 6 nitrogen and oxygen atoms in total.